The van der Waals surface area contributed by atoms with Crippen LogP contribution < -0.4 is 10.6 Å². The first-order valence-electron chi connectivity index (χ1n) is 7.21. The number of anilines is 1. The van der Waals surface area contributed by atoms with Gasteiger partial charge in [-0.3, -0.25) is 9.59 Å². The van der Waals surface area contributed by atoms with Crippen LogP contribution in [0.3, 0.4) is 0 Å². The molecule has 2 amide bonds. The van der Waals surface area contributed by atoms with Crippen LogP contribution in [0, 0.1) is 24.4 Å². The highest BCUT2D eigenvalue weighted by molar-refractivity contribution is 5.95. The quantitative estimate of drug-likeness (QED) is 0.598. The number of furan rings is 1. The molecule has 1 heterocycles. The van der Waals surface area contributed by atoms with Gasteiger partial charge in [0, 0.05) is 0 Å². The number of amides is 2. The summed E-state index contributed by atoms with van der Waals surface area (Å²) in [7, 11) is 0. The first kappa shape index (κ1) is 19.0. The van der Waals surface area contributed by atoms with Crippen LogP contribution >= 0.6 is 0 Å². The van der Waals surface area contributed by atoms with E-state index in [1.807, 2.05) is 5.32 Å². The van der Waals surface area contributed by atoms with E-state index in [4.69, 9.17) is 4.42 Å². The van der Waals surface area contributed by atoms with Gasteiger partial charge in [-0.2, -0.15) is 0 Å². The lowest BCUT2D eigenvalue weighted by Gasteiger charge is -2.08. The maximum atomic E-state index is 13.4. The molecule has 0 saturated heterocycles. The van der Waals surface area contributed by atoms with Crippen LogP contribution in [0.25, 0.3) is 0 Å². The van der Waals surface area contributed by atoms with Crippen molar-refractivity contribution in [2.45, 2.75) is 6.92 Å². The highest BCUT2D eigenvalue weighted by Crippen LogP contribution is 2.19. The molecule has 0 fully saturated rings. The van der Waals surface area contributed by atoms with Gasteiger partial charge in [-0.15, -0.1) is 0 Å². The number of esters is 1. The molecule has 138 valence electrons. The number of carbonyl (C=O) groups is 3. The fourth-order valence-electron chi connectivity index (χ4n) is 1.79. The van der Waals surface area contributed by atoms with Gasteiger partial charge in [0.1, 0.15) is 5.76 Å². The summed E-state index contributed by atoms with van der Waals surface area (Å²) >= 11 is 0. The summed E-state index contributed by atoms with van der Waals surface area (Å²) in [4.78, 5) is 34.7. The van der Waals surface area contributed by atoms with Crippen molar-refractivity contribution in [3.63, 3.8) is 0 Å². The summed E-state index contributed by atoms with van der Waals surface area (Å²) in [6.45, 7) is 0.345. The molecule has 0 radical (unpaired) electrons. The molecule has 2 aromatic rings. The highest BCUT2D eigenvalue weighted by atomic mass is 19.2. The molecule has 0 spiro atoms. The van der Waals surface area contributed by atoms with Gasteiger partial charge in [0.2, 0.25) is 11.7 Å². The Morgan fingerprint density at radius 3 is 2.42 bits per heavy atom. The Labute approximate surface area is 145 Å². The third-order valence-corrected chi connectivity index (χ3v) is 3.03. The molecule has 0 saturated carbocycles. The van der Waals surface area contributed by atoms with E-state index in [1.165, 1.54) is 6.07 Å². The predicted molar refractivity (Wildman–Crippen MR) is 81.7 cm³/mol. The topological polar surface area (TPSA) is 97.6 Å². The van der Waals surface area contributed by atoms with Gasteiger partial charge < -0.3 is 19.8 Å². The highest BCUT2D eigenvalue weighted by Gasteiger charge is 2.16. The predicted octanol–water partition coefficient (Wildman–Crippen LogP) is 1.92. The van der Waals surface area contributed by atoms with Gasteiger partial charge in [-0.1, -0.05) is 0 Å². The summed E-state index contributed by atoms with van der Waals surface area (Å²) in [5, 5.41) is 4.08. The number of halogens is 3. The molecule has 1 aromatic carbocycles. The molecule has 0 bridgehead atoms. The molecule has 0 aliphatic heterocycles. The zero-order chi connectivity index (χ0) is 19.3. The Morgan fingerprint density at radius 2 is 1.77 bits per heavy atom. The largest absolute Gasteiger partial charge is 0.454 e. The third kappa shape index (κ3) is 4.85. The van der Waals surface area contributed by atoms with Crippen LogP contribution in [0.15, 0.2) is 28.7 Å². The van der Waals surface area contributed by atoms with Crippen LogP contribution in [0.5, 0.6) is 0 Å². The zero-order valence-corrected chi connectivity index (χ0v) is 13.4. The lowest BCUT2D eigenvalue weighted by molar-refractivity contribution is -0.126. The molecular formula is C16H13F3N2O5. The Morgan fingerprint density at radius 1 is 1.04 bits per heavy atom. The van der Waals surface area contributed by atoms with Gasteiger partial charge in [0.25, 0.3) is 5.91 Å². The van der Waals surface area contributed by atoms with Crippen molar-refractivity contribution in [2.24, 2.45) is 0 Å². The second-order valence-electron chi connectivity index (χ2n) is 5.03. The van der Waals surface area contributed by atoms with E-state index in [1.54, 1.807) is 13.0 Å². The first-order valence-corrected chi connectivity index (χ1v) is 7.21. The molecule has 2 rings (SSSR count). The molecular weight excluding hydrogens is 357 g/mol. The first-order chi connectivity index (χ1) is 12.3. The number of rotatable bonds is 6. The fourth-order valence-corrected chi connectivity index (χ4v) is 1.79. The molecule has 26 heavy (non-hydrogen) atoms. The van der Waals surface area contributed by atoms with Crippen LogP contribution in [0.4, 0.5) is 18.9 Å². The average Bonchev–Trinajstić information content (AvgIpc) is 3.05. The number of ether oxygens (including phenoxy) is 1. The number of carbonyl (C=O) groups excluding carboxylic acids is 3. The molecule has 7 nitrogen and oxygen atoms in total. The molecule has 0 atom stereocenters. The number of hydrogen-bond donors (Lipinski definition) is 2. The number of aryl methyl sites for hydroxylation is 1. The smallest absolute Gasteiger partial charge is 0.374 e. The van der Waals surface area contributed by atoms with E-state index < -0.39 is 54.1 Å². The number of hydrogen-bond acceptors (Lipinski definition) is 5. The standard InChI is InChI=1S/C16H13F3N2O5/c1-8-2-5-11(26-8)16(24)25-7-13(23)20-6-12(22)21-10-4-3-9(17)14(18)15(10)19/h2-5H,6-7H2,1H3,(H,20,23)(H,21,22). The maximum absolute atomic E-state index is 13.4. The summed E-state index contributed by atoms with van der Waals surface area (Å²) in [6, 6.07) is 4.39. The van der Waals surface area contributed by atoms with Crippen LogP contribution in [0.2, 0.25) is 0 Å². The van der Waals surface area contributed by atoms with Crippen molar-refractivity contribution >= 4 is 23.5 Å². The summed E-state index contributed by atoms with van der Waals surface area (Å²) in [6.07, 6.45) is 0. The minimum Gasteiger partial charge on any atom is -0.454 e. The molecule has 10 heteroatoms. The number of nitrogens with one attached hydrogen (secondary N) is 2. The van der Waals surface area contributed by atoms with E-state index in [9.17, 15) is 27.6 Å². The van der Waals surface area contributed by atoms with Crippen LogP contribution in [-0.2, 0) is 14.3 Å². The molecule has 1 aromatic heterocycles. The third-order valence-electron chi connectivity index (χ3n) is 3.03. The van der Waals surface area contributed by atoms with Gasteiger partial charge in [-0.25, -0.2) is 18.0 Å². The fraction of sp³-hybridized carbons (Fsp3) is 0.188. The Hall–Kier alpha value is -3.30. The monoisotopic (exact) mass is 370 g/mol. The van der Waals surface area contributed by atoms with Crippen molar-refractivity contribution in [3.05, 3.63) is 53.2 Å². The average molecular weight is 370 g/mol. The minimum absolute atomic E-state index is 0.0816. The zero-order valence-electron chi connectivity index (χ0n) is 13.4. The minimum atomic E-state index is -1.73. The van der Waals surface area contributed by atoms with Gasteiger partial charge >= 0.3 is 5.97 Å². The van der Waals surface area contributed by atoms with Crippen molar-refractivity contribution in [1.82, 2.24) is 5.32 Å². The van der Waals surface area contributed by atoms with Crippen LogP contribution in [-0.4, -0.2) is 30.9 Å². The van der Waals surface area contributed by atoms with Gasteiger partial charge in [-0.05, 0) is 31.2 Å². The van der Waals surface area contributed by atoms with E-state index >= 15 is 0 Å². The summed E-state index contributed by atoms with van der Waals surface area (Å²) in [5.41, 5.74) is -0.581. The summed E-state index contributed by atoms with van der Waals surface area (Å²) < 4.78 is 48.9. The van der Waals surface area contributed by atoms with E-state index in [-0.39, 0.29) is 5.76 Å². The lowest BCUT2D eigenvalue weighted by Crippen LogP contribution is -2.35. The van der Waals surface area contributed by atoms with E-state index in [2.05, 4.69) is 10.1 Å². The lowest BCUT2D eigenvalue weighted by atomic mass is 10.2. The Bertz CT molecular complexity index is 850. The SMILES string of the molecule is Cc1ccc(C(=O)OCC(=O)NCC(=O)Nc2ccc(F)c(F)c2F)o1. The molecule has 2 N–H and O–H groups in total. The molecule has 0 aliphatic rings. The van der Waals surface area contributed by atoms with E-state index in [0.717, 1.165) is 6.07 Å². The van der Waals surface area contributed by atoms with Crippen molar-refractivity contribution in [3.8, 4) is 0 Å². The van der Waals surface area contributed by atoms with Crippen LogP contribution in [0.1, 0.15) is 16.3 Å². The van der Waals surface area contributed by atoms with Crippen molar-refractivity contribution in [1.29, 1.82) is 0 Å². The molecule has 0 aliphatic carbocycles. The molecule has 0 unspecified atom stereocenters. The summed E-state index contributed by atoms with van der Waals surface area (Å²) in [5.74, 6) is -6.84. The Kier molecular flexibility index (Phi) is 5.99. The normalized spacial score (nSPS) is 10.3. The van der Waals surface area contributed by atoms with E-state index in [0.29, 0.717) is 11.8 Å². The van der Waals surface area contributed by atoms with Crippen molar-refractivity contribution < 1.29 is 36.7 Å². The van der Waals surface area contributed by atoms with Crippen molar-refractivity contribution in [2.75, 3.05) is 18.5 Å². The van der Waals surface area contributed by atoms with Gasteiger partial charge in [0.15, 0.2) is 24.1 Å². The number of benzene rings is 1. The maximum Gasteiger partial charge on any atom is 0.374 e. The van der Waals surface area contributed by atoms with Gasteiger partial charge in [0.05, 0.1) is 12.2 Å². The Balaban J connectivity index is 1.77. The second-order valence-corrected chi connectivity index (χ2v) is 5.03. The second kappa shape index (κ2) is 8.19.